The van der Waals surface area contributed by atoms with Crippen LogP contribution in [0.1, 0.15) is 29.5 Å². The molecule has 1 nitrogen and oxygen atoms in total. The van der Waals surface area contributed by atoms with Gasteiger partial charge in [-0.2, -0.15) is 0 Å². The minimum absolute atomic E-state index is 0.551. The fraction of sp³-hybridized carbons (Fsp3) is 0.294. The zero-order valence-electron chi connectivity index (χ0n) is 11.4. The molecule has 98 valence electrons. The second-order valence-electron chi connectivity index (χ2n) is 5.01. The van der Waals surface area contributed by atoms with Crippen molar-refractivity contribution < 1.29 is 0 Å². The molecule has 1 aliphatic rings. The van der Waals surface area contributed by atoms with Gasteiger partial charge < -0.3 is 5.32 Å². The van der Waals surface area contributed by atoms with Crippen molar-refractivity contribution >= 4 is 17.4 Å². The number of anilines is 1. The molecule has 0 saturated heterocycles. The van der Waals surface area contributed by atoms with Crippen molar-refractivity contribution in [1.29, 1.82) is 0 Å². The Hall–Kier alpha value is -1.41. The van der Waals surface area contributed by atoms with Gasteiger partial charge in [0.1, 0.15) is 0 Å². The van der Waals surface area contributed by atoms with Crippen LogP contribution >= 0.6 is 11.8 Å². The van der Waals surface area contributed by atoms with Crippen molar-refractivity contribution in [2.75, 3.05) is 17.6 Å². The first-order valence-electron chi connectivity index (χ1n) is 6.85. The maximum absolute atomic E-state index is 3.41. The smallest absolute Gasteiger partial charge is 0.0369 e. The summed E-state index contributed by atoms with van der Waals surface area (Å²) in [4.78, 5) is 1.45. The number of hydrogen-bond donors (Lipinski definition) is 1. The largest absolute Gasteiger partial charge is 0.385 e. The lowest BCUT2D eigenvalue weighted by Gasteiger charge is -2.14. The van der Waals surface area contributed by atoms with Crippen LogP contribution in [0.4, 0.5) is 5.69 Å². The van der Waals surface area contributed by atoms with Crippen LogP contribution in [0, 0.1) is 6.92 Å². The van der Waals surface area contributed by atoms with Gasteiger partial charge in [0.2, 0.25) is 0 Å². The van der Waals surface area contributed by atoms with Crippen molar-refractivity contribution in [3.8, 4) is 0 Å². The quantitative estimate of drug-likeness (QED) is 0.869. The highest BCUT2D eigenvalue weighted by atomic mass is 32.2. The van der Waals surface area contributed by atoms with Crippen molar-refractivity contribution in [3.05, 3.63) is 59.2 Å². The lowest BCUT2D eigenvalue weighted by Crippen LogP contribution is -2.03. The second-order valence-corrected chi connectivity index (χ2v) is 6.07. The van der Waals surface area contributed by atoms with E-state index in [0.717, 1.165) is 6.54 Å². The predicted octanol–water partition coefficient (Wildman–Crippen LogP) is 4.66. The molecule has 0 aromatic heterocycles. The lowest BCUT2D eigenvalue weighted by atomic mass is 9.92. The van der Waals surface area contributed by atoms with Crippen molar-refractivity contribution in [2.24, 2.45) is 0 Å². The summed E-state index contributed by atoms with van der Waals surface area (Å²) in [7, 11) is 0. The zero-order valence-corrected chi connectivity index (χ0v) is 12.3. The van der Waals surface area contributed by atoms with Crippen LogP contribution in [-0.2, 0) is 0 Å². The van der Waals surface area contributed by atoms with E-state index in [2.05, 4.69) is 61.6 Å². The van der Waals surface area contributed by atoms with Gasteiger partial charge in [-0.3, -0.25) is 0 Å². The van der Waals surface area contributed by atoms with Gasteiger partial charge >= 0.3 is 0 Å². The molecule has 0 radical (unpaired) electrons. The van der Waals surface area contributed by atoms with Crippen LogP contribution in [0.2, 0.25) is 0 Å². The Morgan fingerprint density at radius 3 is 2.84 bits per heavy atom. The van der Waals surface area contributed by atoms with E-state index < -0.39 is 0 Å². The molecule has 0 amide bonds. The zero-order chi connectivity index (χ0) is 13.2. The van der Waals surface area contributed by atoms with Crippen LogP contribution in [0.15, 0.2) is 47.4 Å². The number of nitrogens with one attached hydrogen (secondary N) is 1. The van der Waals surface area contributed by atoms with E-state index in [9.17, 15) is 0 Å². The average molecular weight is 269 g/mol. The molecular weight excluding hydrogens is 250 g/mol. The number of rotatable bonds is 3. The van der Waals surface area contributed by atoms with Gasteiger partial charge in [0.05, 0.1) is 0 Å². The third-order valence-corrected chi connectivity index (χ3v) is 4.90. The maximum atomic E-state index is 3.41. The van der Waals surface area contributed by atoms with Gasteiger partial charge in [0, 0.05) is 28.8 Å². The summed E-state index contributed by atoms with van der Waals surface area (Å²) in [6.07, 6.45) is 0. The summed E-state index contributed by atoms with van der Waals surface area (Å²) in [6.45, 7) is 5.30. The molecule has 1 atom stereocenters. The molecule has 2 aromatic carbocycles. The lowest BCUT2D eigenvalue weighted by molar-refractivity contribution is 0.935. The van der Waals surface area contributed by atoms with Crippen LogP contribution in [0.3, 0.4) is 0 Å². The molecule has 1 heterocycles. The van der Waals surface area contributed by atoms with Gasteiger partial charge in [-0.05, 0) is 42.7 Å². The van der Waals surface area contributed by atoms with Gasteiger partial charge in [-0.15, -0.1) is 11.8 Å². The van der Waals surface area contributed by atoms with E-state index >= 15 is 0 Å². The molecule has 3 rings (SSSR count). The van der Waals surface area contributed by atoms with E-state index in [1.165, 1.54) is 33.0 Å². The van der Waals surface area contributed by atoms with Crippen LogP contribution in [0.25, 0.3) is 0 Å². The van der Waals surface area contributed by atoms with Crippen molar-refractivity contribution in [2.45, 2.75) is 24.7 Å². The molecule has 0 saturated carbocycles. The first-order valence-corrected chi connectivity index (χ1v) is 7.84. The molecular formula is C17H19NS. The summed E-state index contributed by atoms with van der Waals surface area (Å²) < 4.78 is 0. The number of fused-ring (bicyclic) bond motifs is 1. The molecule has 1 N–H and O–H groups in total. The molecule has 0 bridgehead atoms. The SMILES string of the molecule is CCNc1ccc(C2CSc3ccccc32)cc1C. The molecule has 2 heteroatoms. The van der Waals surface area contributed by atoms with Gasteiger partial charge in [-0.1, -0.05) is 30.3 Å². The third-order valence-electron chi connectivity index (χ3n) is 3.72. The summed E-state index contributed by atoms with van der Waals surface area (Å²) in [5, 5.41) is 3.41. The first kappa shape index (κ1) is 12.6. The molecule has 0 spiro atoms. The molecule has 0 fully saturated rings. The topological polar surface area (TPSA) is 12.0 Å². The average Bonchev–Trinajstić information content (AvgIpc) is 2.85. The normalized spacial score (nSPS) is 17.3. The van der Waals surface area contributed by atoms with Crippen LogP contribution in [0.5, 0.6) is 0 Å². The Morgan fingerprint density at radius 2 is 2.05 bits per heavy atom. The molecule has 1 aliphatic heterocycles. The fourth-order valence-electron chi connectivity index (χ4n) is 2.73. The monoisotopic (exact) mass is 269 g/mol. The summed E-state index contributed by atoms with van der Waals surface area (Å²) in [5.74, 6) is 1.72. The van der Waals surface area contributed by atoms with Crippen molar-refractivity contribution in [1.82, 2.24) is 0 Å². The van der Waals surface area contributed by atoms with E-state index in [0.29, 0.717) is 5.92 Å². The standard InChI is InChI=1S/C17H19NS/c1-3-18-16-9-8-13(10-12(16)2)15-11-19-17-7-5-4-6-14(15)17/h4-10,15,18H,3,11H2,1-2H3. The fourth-order valence-corrected chi connectivity index (χ4v) is 4.00. The predicted molar refractivity (Wildman–Crippen MR) is 84.4 cm³/mol. The highest BCUT2D eigenvalue weighted by Gasteiger charge is 2.24. The minimum Gasteiger partial charge on any atom is -0.385 e. The number of aryl methyl sites for hydroxylation is 1. The third kappa shape index (κ3) is 2.37. The summed E-state index contributed by atoms with van der Waals surface area (Å²) in [5.41, 5.74) is 5.53. The Morgan fingerprint density at radius 1 is 1.21 bits per heavy atom. The van der Waals surface area contributed by atoms with Crippen LogP contribution < -0.4 is 5.32 Å². The molecule has 19 heavy (non-hydrogen) atoms. The number of benzene rings is 2. The maximum Gasteiger partial charge on any atom is 0.0369 e. The van der Waals surface area contributed by atoms with Gasteiger partial charge in [0.15, 0.2) is 0 Å². The Bertz CT molecular complexity index is 592. The Labute approximate surface area is 119 Å². The Kier molecular flexibility index (Phi) is 3.52. The first-order chi connectivity index (χ1) is 9.29. The number of thioether (sulfide) groups is 1. The molecule has 2 aromatic rings. The van der Waals surface area contributed by atoms with Crippen molar-refractivity contribution in [3.63, 3.8) is 0 Å². The van der Waals surface area contributed by atoms with E-state index in [1.807, 2.05) is 11.8 Å². The van der Waals surface area contributed by atoms with Crippen LogP contribution in [-0.4, -0.2) is 12.3 Å². The minimum atomic E-state index is 0.551. The van der Waals surface area contributed by atoms with E-state index in [1.54, 1.807) is 0 Å². The highest BCUT2D eigenvalue weighted by Crippen LogP contribution is 2.43. The highest BCUT2D eigenvalue weighted by molar-refractivity contribution is 7.99. The Balaban J connectivity index is 1.94. The van der Waals surface area contributed by atoms with E-state index in [-0.39, 0.29) is 0 Å². The van der Waals surface area contributed by atoms with E-state index in [4.69, 9.17) is 0 Å². The molecule has 1 unspecified atom stereocenters. The summed E-state index contributed by atoms with van der Waals surface area (Å²) >= 11 is 1.98. The second kappa shape index (κ2) is 5.30. The summed E-state index contributed by atoms with van der Waals surface area (Å²) in [6, 6.07) is 15.6. The molecule has 0 aliphatic carbocycles. The van der Waals surface area contributed by atoms with Gasteiger partial charge in [-0.25, -0.2) is 0 Å². The van der Waals surface area contributed by atoms with Gasteiger partial charge in [0.25, 0.3) is 0 Å². The number of hydrogen-bond acceptors (Lipinski definition) is 2.